The molecule has 2 aromatic rings. The summed E-state index contributed by atoms with van der Waals surface area (Å²) in [5, 5.41) is 11.1. The van der Waals surface area contributed by atoms with Crippen LogP contribution in [0.3, 0.4) is 0 Å². The standard InChI is InChI=1S/C26H30F3N3O6.2C2H6/c1-14(2)31(24(33)16-7-5-15(3)6-8-16)21-10-9-17(11-18(21)25(34)37-4)38-23-13-20(30)22(32(35)36)12-19(23)26(27,28)29;2*1-2/h9-16H,5-8,30H2,1-4H3;2*1-2H3. The van der Waals surface area contributed by atoms with Crippen LogP contribution >= 0.6 is 0 Å². The zero-order valence-electron chi connectivity index (χ0n) is 25.5. The third-order valence-electron chi connectivity index (χ3n) is 6.61. The third-order valence-corrected chi connectivity index (χ3v) is 6.61. The van der Waals surface area contributed by atoms with Crippen molar-refractivity contribution in [2.75, 3.05) is 17.7 Å². The summed E-state index contributed by atoms with van der Waals surface area (Å²) in [6.07, 6.45) is -1.71. The number of nitro groups is 1. The van der Waals surface area contributed by atoms with Crippen molar-refractivity contribution in [2.45, 2.75) is 86.4 Å². The molecule has 0 bridgehead atoms. The van der Waals surface area contributed by atoms with Gasteiger partial charge in [-0.2, -0.15) is 13.2 Å². The van der Waals surface area contributed by atoms with Crippen molar-refractivity contribution in [2.24, 2.45) is 11.8 Å². The molecule has 1 fully saturated rings. The Kier molecular flexibility index (Phi) is 13.8. The molecule has 0 aromatic heterocycles. The zero-order chi connectivity index (χ0) is 32.4. The Morgan fingerprint density at radius 2 is 1.62 bits per heavy atom. The van der Waals surface area contributed by atoms with Gasteiger partial charge in [0.1, 0.15) is 22.7 Å². The first-order valence-electron chi connectivity index (χ1n) is 14.1. The van der Waals surface area contributed by atoms with Gasteiger partial charge in [-0.1, -0.05) is 34.6 Å². The highest BCUT2D eigenvalue weighted by atomic mass is 19.4. The van der Waals surface area contributed by atoms with E-state index in [0.29, 0.717) is 18.1 Å². The fourth-order valence-electron chi connectivity index (χ4n) is 4.59. The lowest BCUT2D eigenvalue weighted by molar-refractivity contribution is -0.384. The highest BCUT2D eigenvalue weighted by Gasteiger charge is 2.38. The van der Waals surface area contributed by atoms with E-state index in [1.54, 1.807) is 13.8 Å². The van der Waals surface area contributed by atoms with Crippen LogP contribution in [0.25, 0.3) is 0 Å². The first-order valence-corrected chi connectivity index (χ1v) is 14.1. The lowest BCUT2D eigenvalue weighted by Gasteiger charge is -2.34. The van der Waals surface area contributed by atoms with Crippen molar-refractivity contribution in [3.8, 4) is 11.5 Å². The van der Waals surface area contributed by atoms with Crippen LogP contribution in [0.1, 0.15) is 90.1 Å². The van der Waals surface area contributed by atoms with Crippen LogP contribution in [0.2, 0.25) is 0 Å². The molecule has 2 N–H and O–H groups in total. The number of hydrogen-bond acceptors (Lipinski definition) is 7. The second kappa shape index (κ2) is 16.0. The van der Waals surface area contributed by atoms with E-state index in [1.165, 1.54) is 23.1 Å². The minimum absolute atomic E-state index is 0.0836. The topological polar surface area (TPSA) is 125 Å². The molecule has 2 aromatic carbocycles. The Morgan fingerprint density at radius 3 is 2.10 bits per heavy atom. The van der Waals surface area contributed by atoms with Crippen LogP contribution in [-0.4, -0.2) is 30.0 Å². The maximum atomic E-state index is 13.7. The molecular weight excluding hydrogens is 555 g/mol. The molecule has 9 nitrogen and oxygen atoms in total. The van der Waals surface area contributed by atoms with Gasteiger partial charge in [0.25, 0.3) is 5.69 Å². The quantitative estimate of drug-likeness (QED) is 0.147. The molecule has 3 rings (SSSR count). The van der Waals surface area contributed by atoms with Crippen molar-refractivity contribution in [3.05, 3.63) is 51.6 Å². The van der Waals surface area contributed by atoms with Gasteiger partial charge < -0.3 is 20.1 Å². The van der Waals surface area contributed by atoms with Crippen molar-refractivity contribution in [3.63, 3.8) is 0 Å². The van der Waals surface area contributed by atoms with E-state index in [-0.39, 0.29) is 34.9 Å². The fourth-order valence-corrected chi connectivity index (χ4v) is 4.59. The second-order valence-corrected chi connectivity index (χ2v) is 9.69. The van der Waals surface area contributed by atoms with E-state index >= 15 is 0 Å². The molecule has 1 saturated carbocycles. The zero-order valence-corrected chi connectivity index (χ0v) is 25.5. The average Bonchev–Trinajstić information content (AvgIpc) is 2.94. The smallest absolute Gasteiger partial charge is 0.420 e. The van der Waals surface area contributed by atoms with Gasteiger partial charge in [0, 0.05) is 24.1 Å². The number of alkyl halides is 3. The molecule has 42 heavy (non-hydrogen) atoms. The van der Waals surface area contributed by atoms with E-state index in [9.17, 15) is 32.9 Å². The number of carbonyl (C=O) groups is 2. The summed E-state index contributed by atoms with van der Waals surface area (Å²) in [5.74, 6) is -1.61. The van der Waals surface area contributed by atoms with Crippen LogP contribution in [0, 0.1) is 22.0 Å². The second-order valence-electron chi connectivity index (χ2n) is 9.69. The molecule has 0 unspecified atom stereocenters. The van der Waals surface area contributed by atoms with Gasteiger partial charge in [-0.05, 0) is 63.6 Å². The number of carbonyl (C=O) groups excluding carboxylic acids is 2. The van der Waals surface area contributed by atoms with Crippen LogP contribution in [0.5, 0.6) is 11.5 Å². The third kappa shape index (κ3) is 8.83. The Balaban J connectivity index is 0.00000211. The summed E-state index contributed by atoms with van der Waals surface area (Å²) >= 11 is 0. The van der Waals surface area contributed by atoms with E-state index in [0.717, 1.165) is 32.8 Å². The highest BCUT2D eigenvalue weighted by Crippen LogP contribution is 2.43. The highest BCUT2D eigenvalue weighted by molar-refractivity contribution is 6.04. The SMILES string of the molecule is CC.CC.COC(=O)c1cc(Oc2cc(N)c([N+](=O)[O-])cc2C(F)(F)F)ccc1N(C(=O)C1CCC(C)CC1)C(C)C. The van der Waals surface area contributed by atoms with Crippen molar-refractivity contribution >= 4 is 28.9 Å². The normalized spacial score (nSPS) is 16.3. The van der Waals surface area contributed by atoms with Gasteiger partial charge in [-0.15, -0.1) is 0 Å². The molecule has 0 atom stereocenters. The number of halogens is 3. The van der Waals surface area contributed by atoms with Crippen molar-refractivity contribution < 1.29 is 37.2 Å². The Bertz CT molecular complexity index is 1230. The predicted molar refractivity (Wildman–Crippen MR) is 157 cm³/mol. The lowest BCUT2D eigenvalue weighted by Crippen LogP contribution is -2.43. The van der Waals surface area contributed by atoms with Crippen LogP contribution in [0.4, 0.5) is 30.2 Å². The number of nitrogens with two attached hydrogens (primary N) is 1. The largest absolute Gasteiger partial charge is 0.465 e. The molecule has 0 spiro atoms. The van der Waals surface area contributed by atoms with E-state index in [2.05, 4.69) is 6.92 Å². The maximum absolute atomic E-state index is 13.7. The van der Waals surface area contributed by atoms with Crippen LogP contribution in [-0.2, 0) is 15.7 Å². The van der Waals surface area contributed by atoms with E-state index in [4.69, 9.17) is 15.2 Å². The Hall–Kier alpha value is -3.83. The molecule has 0 radical (unpaired) electrons. The lowest BCUT2D eigenvalue weighted by atomic mass is 9.82. The summed E-state index contributed by atoms with van der Waals surface area (Å²) in [7, 11) is 1.14. The van der Waals surface area contributed by atoms with E-state index < -0.39 is 39.8 Å². The molecule has 0 saturated heterocycles. The summed E-state index contributed by atoms with van der Waals surface area (Å²) in [6.45, 7) is 13.7. The maximum Gasteiger partial charge on any atom is 0.420 e. The molecule has 0 aliphatic heterocycles. The van der Waals surface area contributed by atoms with Crippen LogP contribution in [0.15, 0.2) is 30.3 Å². The molecule has 1 amide bonds. The number of rotatable bonds is 7. The number of ether oxygens (including phenoxy) is 2. The first-order chi connectivity index (χ1) is 19.7. The van der Waals surface area contributed by atoms with Gasteiger partial charge in [0.2, 0.25) is 5.91 Å². The van der Waals surface area contributed by atoms with Crippen molar-refractivity contribution in [1.29, 1.82) is 0 Å². The summed E-state index contributed by atoms with van der Waals surface area (Å²) in [4.78, 5) is 37.8. The number of methoxy groups -OCH3 is 1. The number of hydrogen-bond donors (Lipinski definition) is 1. The first kappa shape index (κ1) is 36.2. The Labute approximate surface area is 245 Å². The van der Waals surface area contributed by atoms with Crippen LogP contribution < -0.4 is 15.4 Å². The number of amides is 1. The minimum atomic E-state index is -4.99. The van der Waals surface area contributed by atoms with Gasteiger partial charge in [-0.3, -0.25) is 14.9 Å². The number of anilines is 2. The number of nitrogens with zero attached hydrogens (tertiary/aromatic N) is 2. The summed E-state index contributed by atoms with van der Waals surface area (Å²) in [6, 6.07) is 4.57. The van der Waals surface area contributed by atoms with E-state index in [1.807, 2.05) is 27.7 Å². The van der Waals surface area contributed by atoms with Gasteiger partial charge in [-0.25, -0.2) is 4.79 Å². The summed E-state index contributed by atoms with van der Waals surface area (Å²) < 4.78 is 51.3. The number of nitro benzene ring substituents is 1. The summed E-state index contributed by atoms with van der Waals surface area (Å²) in [5.41, 5.74) is 2.89. The molecule has 0 heterocycles. The number of nitrogen functional groups attached to an aromatic ring is 1. The number of esters is 1. The fraction of sp³-hybridized carbons (Fsp3) is 0.533. The van der Waals surface area contributed by atoms with Gasteiger partial charge >= 0.3 is 12.1 Å². The minimum Gasteiger partial charge on any atom is -0.465 e. The van der Waals surface area contributed by atoms with Gasteiger partial charge in [0.05, 0.1) is 23.3 Å². The molecule has 234 valence electrons. The molecule has 1 aliphatic carbocycles. The van der Waals surface area contributed by atoms with Crippen molar-refractivity contribution in [1.82, 2.24) is 0 Å². The predicted octanol–water partition coefficient (Wildman–Crippen LogP) is 8.39. The monoisotopic (exact) mass is 597 g/mol. The molecule has 12 heteroatoms. The molecular formula is C30H42F3N3O6. The molecule has 1 aliphatic rings. The average molecular weight is 598 g/mol. The Morgan fingerprint density at radius 1 is 1.05 bits per heavy atom. The van der Waals surface area contributed by atoms with Gasteiger partial charge in [0.15, 0.2) is 0 Å². The number of benzene rings is 2.